The van der Waals surface area contributed by atoms with Crippen molar-refractivity contribution < 1.29 is 9.53 Å². The number of hydrogen-bond acceptors (Lipinski definition) is 3. The SMILES string of the molecule is CCOC(=O)c1ccccc1C(C)Nc1cccc(Br)c1. The summed E-state index contributed by atoms with van der Waals surface area (Å²) < 4.78 is 6.13. The molecule has 0 bridgehead atoms. The number of ether oxygens (including phenoxy) is 1. The summed E-state index contributed by atoms with van der Waals surface area (Å²) in [6.45, 7) is 4.21. The van der Waals surface area contributed by atoms with Crippen LogP contribution in [-0.2, 0) is 4.74 Å². The van der Waals surface area contributed by atoms with Crippen molar-refractivity contribution in [1.29, 1.82) is 0 Å². The van der Waals surface area contributed by atoms with E-state index in [2.05, 4.69) is 21.2 Å². The first-order valence-corrected chi connectivity index (χ1v) is 7.69. The average molecular weight is 348 g/mol. The van der Waals surface area contributed by atoms with Gasteiger partial charge in [-0.2, -0.15) is 0 Å². The van der Waals surface area contributed by atoms with Gasteiger partial charge in [0.2, 0.25) is 0 Å². The smallest absolute Gasteiger partial charge is 0.338 e. The van der Waals surface area contributed by atoms with E-state index in [1.165, 1.54) is 0 Å². The van der Waals surface area contributed by atoms with Crippen LogP contribution in [0.2, 0.25) is 0 Å². The number of benzene rings is 2. The Hall–Kier alpha value is -1.81. The van der Waals surface area contributed by atoms with E-state index in [0.29, 0.717) is 12.2 Å². The minimum absolute atomic E-state index is 0.0000869. The zero-order valence-corrected chi connectivity index (χ0v) is 13.7. The highest BCUT2D eigenvalue weighted by molar-refractivity contribution is 9.10. The van der Waals surface area contributed by atoms with E-state index in [-0.39, 0.29) is 12.0 Å². The van der Waals surface area contributed by atoms with Crippen LogP contribution in [0.3, 0.4) is 0 Å². The van der Waals surface area contributed by atoms with E-state index >= 15 is 0 Å². The minimum Gasteiger partial charge on any atom is -0.462 e. The van der Waals surface area contributed by atoms with Crippen LogP contribution in [0.4, 0.5) is 5.69 Å². The van der Waals surface area contributed by atoms with Crippen LogP contribution in [-0.4, -0.2) is 12.6 Å². The summed E-state index contributed by atoms with van der Waals surface area (Å²) >= 11 is 3.45. The molecule has 0 heterocycles. The van der Waals surface area contributed by atoms with E-state index < -0.39 is 0 Å². The molecule has 0 fully saturated rings. The summed E-state index contributed by atoms with van der Waals surface area (Å²) in [5, 5.41) is 3.40. The van der Waals surface area contributed by atoms with Gasteiger partial charge in [0.25, 0.3) is 0 Å². The Labute approximate surface area is 133 Å². The number of carbonyl (C=O) groups is 1. The highest BCUT2D eigenvalue weighted by atomic mass is 79.9. The molecular weight excluding hydrogens is 330 g/mol. The number of halogens is 1. The molecule has 110 valence electrons. The van der Waals surface area contributed by atoms with Crippen LogP contribution in [0.5, 0.6) is 0 Å². The van der Waals surface area contributed by atoms with Crippen LogP contribution in [0, 0.1) is 0 Å². The van der Waals surface area contributed by atoms with Gasteiger partial charge in [-0.05, 0) is 43.7 Å². The third-order valence-electron chi connectivity index (χ3n) is 3.13. The van der Waals surface area contributed by atoms with Crippen molar-refractivity contribution in [1.82, 2.24) is 0 Å². The fraction of sp³-hybridized carbons (Fsp3) is 0.235. The van der Waals surface area contributed by atoms with Crippen LogP contribution < -0.4 is 5.32 Å². The average Bonchev–Trinajstić information content (AvgIpc) is 2.47. The van der Waals surface area contributed by atoms with Crippen molar-refractivity contribution in [2.24, 2.45) is 0 Å². The Morgan fingerprint density at radius 2 is 2.00 bits per heavy atom. The number of rotatable bonds is 5. The summed E-state index contributed by atoms with van der Waals surface area (Å²) in [4.78, 5) is 12.0. The number of hydrogen-bond donors (Lipinski definition) is 1. The summed E-state index contributed by atoms with van der Waals surface area (Å²) in [5.41, 5.74) is 2.53. The van der Waals surface area contributed by atoms with E-state index in [9.17, 15) is 4.79 Å². The van der Waals surface area contributed by atoms with Gasteiger partial charge < -0.3 is 10.1 Å². The molecule has 2 aromatic rings. The first-order chi connectivity index (χ1) is 10.1. The van der Waals surface area contributed by atoms with Gasteiger partial charge in [-0.3, -0.25) is 0 Å². The lowest BCUT2D eigenvalue weighted by Crippen LogP contribution is -2.14. The molecule has 0 radical (unpaired) electrons. The molecule has 21 heavy (non-hydrogen) atoms. The molecule has 2 aromatic carbocycles. The molecule has 0 amide bonds. The molecule has 4 heteroatoms. The van der Waals surface area contributed by atoms with Gasteiger partial charge in [-0.1, -0.05) is 40.2 Å². The molecule has 1 N–H and O–H groups in total. The maximum atomic E-state index is 12.0. The minimum atomic E-state index is -0.281. The third kappa shape index (κ3) is 4.08. The fourth-order valence-electron chi connectivity index (χ4n) is 2.18. The first kappa shape index (κ1) is 15.6. The molecule has 0 aliphatic heterocycles. The van der Waals surface area contributed by atoms with Gasteiger partial charge in [-0.15, -0.1) is 0 Å². The summed E-state index contributed by atoms with van der Waals surface area (Å²) in [6, 6.07) is 15.5. The standard InChI is InChI=1S/C17H18BrNO2/c1-3-21-17(20)16-10-5-4-9-15(16)12(2)19-14-8-6-7-13(18)11-14/h4-12,19H,3H2,1-2H3. The predicted molar refractivity (Wildman–Crippen MR) is 88.6 cm³/mol. The van der Waals surface area contributed by atoms with Gasteiger partial charge in [0, 0.05) is 16.2 Å². The molecule has 2 rings (SSSR count). The Morgan fingerprint density at radius 3 is 2.71 bits per heavy atom. The van der Waals surface area contributed by atoms with Crippen molar-refractivity contribution in [3.8, 4) is 0 Å². The van der Waals surface area contributed by atoms with Crippen molar-refractivity contribution in [2.45, 2.75) is 19.9 Å². The normalized spacial score (nSPS) is 11.8. The van der Waals surface area contributed by atoms with Crippen molar-refractivity contribution in [3.05, 3.63) is 64.1 Å². The highest BCUT2D eigenvalue weighted by Crippen LogP contribution is 2.24. The first-order valence-electron chi connectivity index (χ1n) is 6.90. The van der Waals surface area contributed by atoms with Gasteiger partial charge >= 0.3 is 5.97 Å². The van der Waals surface area contributed by atoms with Crippen LogP contribution in [0.15, 0.2) is 53.0 Å². The van der Waals surface area contributed by atoms with Gasteiger partial charge in [0.15, 0.2) is 0 Å². The Bertz CT molecular complexity index is 628. The Kier molecular flexibility index (Phi) is 5.39. The fourth-order valence-corrected chi connectivity index (χ4v) is 2.57. The topological polar surface area (TPSA) is 38.3 Å². The lowest BCUT2D eigenvalue weighted by Gasteiger charge is -2.18. The zero-order valence-electron chi connectivity index (χ0n) is 12.1. The second kappa shape index (κ2) is 7.27. The van der Waals surface area contributed by atoms with Crippen LogP contribution in [0.1, 0.15) is 35.8 Å². The molecule has 1 atom stereocenters. The van der Waals surface area contributed by atoms with E-state index in [4.69, 9.17) is 4.74 Å². The lowest BCUT2D eigenvalue weighted by molar-refractivity contribution is 0.0524. The summed E-state index contributed by atoms with van der Waals surface area (Å²) in [5.74, 6) is -0.281. The van der Waals surface area contributed by atoms with Crippen molar-refractivity contribution in [3.63, 3.8) is 0 Å². The van der Waals surface area contributed by atoms with Crippen molar-refractivity contribution in [2.75, 3.05) is 11.9 Å². The van der Waals surface area contributed by atoms with Crippen molar-refractivity contribution >= 4 is 27.6 Å². The summed E-state index contributed by atoms with van der Waals surface area (Å²) in [6.07, 6.45) is 0. The predicted octanol–water partition coefficient (Wildman–Crippen LogP) is 4.80. The third-order valence-corrected chi connectivity index (χ3v) is 3.62. The van der Waals surface area contributed by atoms with E-state index in [1.807, 2.05) is 56.3 Å². The Morgan fingerprint density at radius 1 is 1.24 bits per heavy atom. The maximum absolute atomic E-state index is 12.0. The maximum Gasteiger partial charge on any atom is 0.338 e. The molecule has 0 saturated carbocycles. The zero-order chi connectivity index (χ0) is 15.2. The molecule has 0 saturated heterocycles. The molecule has 3 nitrogen and oxygen atoms in total. The van der Waals surface area contributed by atoms with Gasteiger partial charge in [0.1, 0.15) is 0 Å². The highest BCUT2D eigenvalue weighted by Gasteiger charge is 2.16. The number of nitrogens with one attached hydrogen (secondary N) is 1. The molecule has 0 aromatic heterocycles. The van der Waals surface area contributed by atoms with E-state index in [0.717, 1.165) is 15.7 Å². The quantitative estimate of drug-likeness (QED) is 0.789. The van der Waals surface area contributed by atoms with E-state index in [1.54, 1.807) is 6.07 Å². The number of esters is 1. The van der Waals surface area contributed by atoms with Crippen LogP contribution >= 0.6 is 15.9 Å². The van der Waals surface area contributed by atoms with Crippen LogP contribution in [0.25, 0.3) is 0 Å². The largest absolute Gasteiger partial charge is 0.462 e. The number of anilines is 1. The summed E-state index contributed by atoms with van der Waals surface area (Å²) in [7, 11) is 0. The number of carbonyl (C=O) groups excluding carboxylic acids is 1. The molecule has 0 aliphatic rings. The second-order valence-electron chi connectivity index (χ2n) is 4.68. The Balaban J connectivity index is 2.23. The molecule has 0 spiro atoms. The molecule has 1 unspecified atom stereocenters. The monoisotopic (exact) mass is 347 g/mol. The lowest BCUT2D eigenvalue weighted by atomic mass is 10.0. The second-order valence-corrected chi connectivity index (χ2v) is 5.60. The van der Waals surface area contributed by atoms with Gasteiger partial charge in [-0.25, -0.2) is 4.79 Å². The molecular formula is C17H18BrNO2. The van der Waals surface area contributed by atoms with Gasteiger partial charge in [0.05, 0.1) is 12.2 Å². The molecule has 0 aliphatic carbocycles.